The van der Waals surface area contributed by atoms with Crippen LogP contribution in [0.15, 0.2) is 80.9 Å². The van der Waals surface area contributed by atoms with E-state index in [1.807, 2.05) is 12.1 Å². The Balaban J connectivity index is 1.63. The maximum absolute atomic E-state index is 13.2. The van der Waals surface area contributed by atoms with E-state index in [1.54, 1.807) is 61.7 Å². The van der Waals surface area contributed by atoms with Gasteiger partial charge in [-0.25, -0.2) is 9.36 Å². The number of rotatable bonds is 3. The van der Waals surface area contributed by atoms with E-state index in [4.69, 9.17) is 4.42 Å². The van der Waals surface area contributed by atoms with Gasteiger partial charge in [-0.15, -0.1) is 0 Å². The lowest BCUT2D eigenvalue weighted by Crippen LogP contribution is -2.34. The summed E-state index contributed by atoms with van der Waals surface area (Å²) >= 11 is 0. The minimum Gasteiger partial charge on any atom is -0.444 e. The van der Waals surface area contributed by atoms with E-state index in [-0.39, 0.29) is 22.4 Å². The van der Waals surface area contributed by atoms with Crippen LogP contribution in [0.5, 0.6) is 0 Å². The van der Waals surface area contributed by atoms with Gasteiger partial charge in [0.2, 0.25) is 5.71 Å². The number of carbonyl (C=O) groups is 1. The molecule has 0 saturated carbocycles. The van der Waals surface area contributed by atoms with E-state index in [0.717, 1.165) is 15.5 Å². The van der Waals surface area contributed by atoms with Gasteiger partial charge in [0.05, 0.1) is 16.8 Å². The fourth-order valence-corrected chi connectivity index (χ4v) is 3.63. The van der Waals surface area contributed by atoms with E-state index in [0.29, 0.717) is 11.4 Å². The number of carbonyl (C=O) groups excluding carboxylic acids is 1. The second-order valence-electron chi connectivity index (χ2n) is 7.01. The first-order valence-corrected chi connectivity index (χ1v) is 9.53. The normalized spacial score (nSPS) is 11.1. The summed E-state index contributed by atoms with van der Waals surface area (Å²) < 4.78 is 6.52. The zero-order valence-corrected chi connectivity index (χ0v) is 16.4. The number of benzene rings is 2. The summed E-state index contributed by atoms with van der Waals surface area (Å²) in [4.78, 5) is 45.6. The molecule has 0 aliphatic heterocycles. The van der Waals surface area contributed by atoms with Crippen molar-refractivity contribution < 1.29 is 9.21 Å². The standard InChI is InChI=1S/C23H16N4O4/c1-13-18(20(28)25-15-9-10-17-14(12-15)6-5-11-24-17)19-21(31-13)26-23(30)27(22(19)29)16-7-3-2-4-8-16/h2-12H,1H3,(H,25,28)(H,26,30). The minimum atomic E-state index is -0.647. The maximum atomic E-state index is 13.2. The highest BCUT2D eigenvalue weighted by Gasteiger charge is 2.24. The number of anilines is 1. The molecule has 152 valence electrons. The van der Waals surface area contributed by atoms with Gasteiger partial charge < -0.3 is 9.73 Å². The first kappa shape index (κ1) is 18.6. The summed E-state index contributed by atoms with van der Waals surface area (Å²) in [6.07, 6.45) is 1.69. The lowest BCUT2D eigenvalue weighted by molar-refractivity contribution is 0.102. The van der Waals surface area contributed by atoms with Gasteiger partial charge in [-0.2, -0.15) is 0 Å². The van der Waals surface area contributed by atoms with Crippen LogP contribution in [0.2, 0.25) is 0 Å². The number of fused-ring (bicyclic) bond motifs is 2. The SMILES string of the molecule is Cc1oc2[nH]c(=O)n(-c3ccccc3)c(=O)c2c1C(=O)Nc1ccc2ncccc2c1. The first-order valence-electron chi connectivity index (χ1n) is 9.53. The molecule has 5 rings (SSSR count). The number of aromatic nitrogens is 3. The number of furan rings is 1. The Kier molecular flexibility index (Phi) is 4.25. The molecule has 31 heavy (non-hydrogen) atoms. The van der Waals surface area contributed by atoms with Crippen molar-refractivity contribution >= 4 is 33.6 Å². The van der Waals surface area contributed by atoms with E-state index in [2.05, 4.69) is 15.3 Å². The summed E-state index contributed by atoms with van der Waals surface area (Å²) in [5, 5.41) is 3.68. The maximum Gasteiger partial charge on any atom is 0.335 e. The van der Waals surface area contributed by atoms with E-state index in [1.165, 1.54) is 0 Å². The average Bonchev–Trinajstić information content (AvgIpc) is 3.10. The van der Waals surface area contributed by atoms with Crippen molar-refractivity contribution in [3.05, 3.63) is 99.0 Å². The molecule has 0 aliphatic carbocycles. The summed E-state index contributed by atoms with van der Waals surface area (Å²) in [7, 11) is 0. The number of aryl methyl sites for hydroxylation is 1. The van der Waals surface area contributed by atoms with Crippen molar-refractivity contribution in [1.82, 2.24) is 14.5 Å². The molecule has 0 unspecified atom stereocenters. The molecule has 2 aromatic carbocycles. The number of pyridine rings is 1. The van der Waals surface area contributed by atoms with Gasteiger partial charge in [0.1, 0.15) is 11.1 Å². The van der Waals surface area contributed by atoms with Crippen LogP contribution >= 0.6 is 0 Å². The zero-order chi connectivity index (χ0) is 21.5. The van der Waals surface area contributed by atoms with Crippen molar-refractivity contribution in [2.24, 2.45) is 0 Å². The molecule has 0 saturated heterocycles. The molecule has 0 aliphatic rings. The van der Waals surface area contributed by atoms with Gasteiger partial charge in [0.25, 0.3) is 11.5 Å². The van der Waals surface area contributed by atoms with Crippen LogP contribution in [0, 0.1) is 6.92 Å². The molecule has 1 amide bonds. The smallest absolute Gasteiger partial charge is 0.335 e. The quantitative estimate of drug-likeness (QED) is 0.472. The number of aromatic amines is 1. The molecule has 5 aromatic rings. The van der Waals surface area contributed by atoms with Gasteiger partial charge in [-0.05, 0) is 43.3 Å². The summed E-state index contributed by atoms with van der Waals surface area (Å²) in [6, 6.07) is 17.5. The van der Waals surface area contributed by atoms with Gasteiger partial charge in [-0.1, -0.05) is 24.3 Å². The van der Waals surface area contributed by atoms with Crippen molar-refractivity contribution in [3.8, 4) is 5.69 Å². The van der Waals surface area contributed by atoms with Crippen LogP contribution in [0.3, 0.4) is 0 Å². The molecular weight excluding hydrogens is 396 g/mol. The van der Waals surface area contributed by atoms with Gasteiger partial charge in [-0.3, -0.25) is 19.6 Å². The molecule has 0 radical (unpaired) electrons. The second kappa shape index (κ2) is 7.10. The highest BCUT2D eigenvalue weighted by atomic mass is 16.3. The minimum absolute atomic E-state index is 0.0147. The molecule has 0 atom stereocenters. The summed E-state index contributed by atoms with van der Waals surface area (Å²) in [5.41, 5.74) is 0.504. The fraction of sp³-hybridized carbons (Fsp3) is 0.0435. The molecule has 0 bridgehead atoms. The van der Waals surface area contributed by atoms with Crippen LogP contribution in [-0.2, 0) is 0 Å². The largest absolute Gasteiger partial charge is 0.444 e. The number of amides is 1. The highest BCUT2D eigenvalue weighted by Crippen LogP contribution is 2.23. The predicted octanol–water partition coefficient (Wildman–Crippen LogP) is 3.38. The predicted molar refractivity (Wildman–Crippen MR) is 117 cm³/mol. The molecule has 3 aromatic heterocycles. The molecule has 0 fully saturated rings. The van der Waals surface area contributed by atoms with Crippen molar-refractivity contribution in [3.63, 3.8) is 0 Å². The molecule has 2 N–H and O–H groups in total. The van der Waals surface area contributed by atoms with Crippen LogP contribution in [0.4, 0.5) is 5.69 Å². The molecule has 0 spiro atoms. The van der Waals surface area contributed by atoms with Crippen molar-refractivity contribution in [2.75, 3.05) is 5.32 Å². The van der Waals surface area contributed by atoms with E-state index >= 15 is 0 Å². The summed E-state index contributed by atoms with van der Waals surface area (Å²) in [6.45, 7) is 1.57. The zero-order valence-electron chi connectivity index (χ0n) is 16.4. The van der Waals surface area contributed by atoms with Crippen LogP contribution < -0.4 is 16.6 Å². The number of nitrogens with one attached hydrogen (secondary N) is 2. The van der Waals surface area contributed by atoms with Gasteiger partial charge in [0.15, 0.2) is 0 Å². The topological polar surface area (TPSA) is 110 Å². The number of hydrogen-bond donors (Lipinski definition) is 2. The number of para-hydroxylation sites is 1. The van der Waals surface area contributed by atoms with E-state index in [9.17, 15) is 14.4 Å². The molecule has 8 nitrogen and oxygen atoms in total. The van der Waals surface area contributed by atoms with Crippen LogP contribution in [0.25, 0.3) is 27.7 Å². The molecular formula is C23H16N4O4. The van der Waals surface area contributed by atoms with E-state index < -0.39 is 17.2 Å². The highest BCUT2D eigenvalue weighted by molar-refractivity contribution is 6.13. The third kappa shape index (κ3) is 3.10. The fourth-order valence-electron chi connectivity index (χ4n) is 3.63. The monoisotopic (exact) mass is 412 g/mol. The Morgan fingerprint density at radius 1 is 1.06 bits per heavy atom. The Morgan fingerprint density at radius 2 is 1.87 bits per heavy atom. The Bertz CT molecular complexity index is 1580. The van der Waals surface area contributed by atoms with Crippen molar-refractivity contribution in [2.45, 2.75) is 6.92 Å². The second-order valence-corrected chi connectivity index (χ2v) is 7.01. The lowest BCUT2D eigenvalue weighted by Gasteiger charge is -2.07. The van der Waals surface area contributed by atoms with Crippen molar-refractivity contribution in [1.29, 1.82) is 0 Å². The number of nitrogens with zero attached hydrogens (tertiary/aromatic N) is 2. The van der Waals surface area contributed by atoms with Gasteiger partial charge >= 0.3 is 5.69 Å². The number of hydrogen-bond acceptors (Lipinski definition) is 5. The number of H-pyrrole nitrogens is 1. The third-order valence-corrected chi connectivity index (χ3v) is 5.03. The Labute approximate surface area is 174 Å². The van der Waals surface area contributed by atoms with Gasteiger partial charge in [0, 0.05) is 17.3 Å². The molecule has 3 heterocycles. The average molecular weight is 412 g/mol. The Morgan fingerprint density at radius 3 is 2.68 bits per heavy atom. The molecule has 8 heteroatoms. The Hall–Kier alpha value is -4.46. The first-order chi connectivity index (χ1) is 15.0. The third-order valence-electron chi connectivity index (χ3n) is 5.03. The summed E-state index contributed by atoms with van der Waals surface area (Å²) in [5.74, 6) is -0.281. The lowest BCUT2D eigenvalue weighted by atomic mass is 10.1. The van der Waals surface area contributed by atoms with Crippen LogP contribution in [0.1, 0.15) is 16.1 Å². The van der Waals surface area contributed by atoms with Crippen LogP contribution in [-0.4, -0.2) is 20.4 Å².